The van der Waals surface area contributed by atoms with Crippen molar-refractivity contribution in [3.8, 4) is 0 Å². The lowest BCUT2D eigenvalue weighted by molar-refractivity contribution is 0.0602. The molecule has 1 aliphatic carbocycles. The summed E-state index contributed by atoms with van der Waals surface area (Å²) in [7, 11) is -3.87. The van der Waals surface area contributed by atoms with E-state index in [0.717, 1.165) is 67.3 Å². The lowest BCUT2D eigenvalue weighted by Crippen LogP contribution is -2.48. The Bertz CT molecular complexity index is 2000. The molecule has 0 N–H and O–H groups in total. The number of likely N-dealkylation sites (tertiary alicyclic amines) is 1. The van der Waals surface area contributed by atoms with Crippen molar-refractivity contribution in [3.63, 3.8) is 0 Å². The molecule has 51 heavy (non-hydrogen) atoms. The van der Waals surface area contributed by atoms with E-state index in [1.54, 1.807) is 28.6 Å². The van der Waals surface area contributed by atoms with Crippen LogP contribution in [0.5, 0.6) is 0 Å². The SMILES string of the molecule is CCN(C(=O)OCc1ccccc1)C1CCN(C[C@H]2CC(N(c3cccc4ccccc34)S(=O)(=O)c3ccccc3)CC2c2ccccc2)CC1. The lowest BCUT2D eigenvalue weighted by Gasteiger charge is -2.39. The van der Waals surface area contributed by atoms with Gasteiger partial charge in [0.25, 0.3) is 10.0 Å². The van der Waals surface area contributed by atoms with Crippen molar-refractivity contribution in [2.24, 2.45) is 5.92 Å². The third-order valence-corrected chi connectivity index (χ3v) is 12.7. The first-order chi connectivity index (χ1) is 24.9. The monoisotopic (exact) mass is 701 g/mol. The second-order valence-corrected chi connectivity index (χ2v) is 15.7. The molecule has 1 amide bonds. The summed E-state index contributed by atoms with van der Waals surface area (Å²) >= 11 is 0. The van der Waals surface area contributed by atoms with E-state index in [4.69, 9.17) is 4.74 Å². The molecule has 1 saturated heterocycles. The maximum Gasteiger partial charge on any atom is 0.410 e. The zero-order chi connectivity index (χ0) is 35.2. The highest BCUT2D eigenvalue weighted by Gasteiger charge is 2.43. The molecule has 0 bridgehead atoms. The fourth-order valence-corrected chi connectivity index (χ4v) is 10.0. The van der Waals surface area contributed by atoms with Crippen molar-refractivity contribution in [1.82, 2.24) is 9.80 Å². The zero-order valence-electron chi connectivity index (χ0n) is 29.3. The van der Waals surface area contributed by atoms with Crippen molar-refractivity contribution in [3.05, 3.63) is 145 Å². The number of fused-ring (bicyclic) bond motifs is 1. The molecule has 7 nitrogen and oxygen atoms in total. The quantitative estimate of drug-likeness (QED) is 0.138. The normalized spacial score (nSPS) is 19.9. The van der Waals surface area contributed by atoms with Crippen LogP contribution in [0.1, 0.15) is 49.7 Å². The molecule has 2 aliphatic rings. The average molecular weight is 702 g/mol. The number of hydrogen-bond acceptors (Lipinski definition) is 5. The summed E-state index contributed by atoms with van der Waals surface area (Å²) in [5, 5.41) is 1.95. The molecule has 1 saturated carbocycles. The average Bonchev–Trinajstić information content (AvgIpc) is 3.58. The van der Waals surface area contributed by atoms with Gasteiger partial charge in [-0.25, -0.2) is 13.2 Å². The Labute approximate surface area is 302 Å². The van der Waals surface area contributed by atoms with Gasteiger partial charge in [-0.2, -0.15) is 0 Å². The van der Waals surface area contributed by atoms with E-state index in [1.807, 2.05) is 96.8 Å². The number of nitrogens with zero attached hydrogens (tertiary/aromatic N) is 3. The summed E-state index contributed by atoms with van der Waals surface area (Å²) in [4.78, 5) is 17.8. The number of hydrogen-bond donors (Lipinski definition) is 0. The van der Waals surface area contributed by atoms with Crippen LogP contribution in [-0.4, -0.2) is 62.6 Å². The van der Waals surface area contributed by atoms with Gasteiger partial charge in [-0.05, 0) is 79.2 Å². The van der Waals surface area contributed by atoms with Gasteiger partial charge < -0.3 is 14.5 Å². The van der Waals surface area contributed by atoms with Crippen molar-refractivity contribution in [1.29, 1.82) is 0 Å². The van der Waals surface area contributed by atoms with Gasteiger partial charge >= 0.3 is 6.09 Å². The van der Waals surface area contributed by atoms with E-state index >= 15 is 0 Å². The van der Waals surface area contributed by atoms with Crippen molar-refractivity contribution >= 4 is 32.6 Å². The Morgan fingerprint density at radius 2 is 1.37 bits per heavy atom. The van der Waals surface area contributed by atoms with Crippen LogP contribution in [-0.2, 0) is 21.4 Å². The summed E-state index contributed by atoms with van der Waals surface area (Å²) in [6, 6.07) is 43.2. The number of piperidine rings is 1. The predicted molar refractivity (Wildman–Crippen MR) is 204 cm³/mol. The van der Waals surface area contributed by atoms with Crippen LogP contribution >= 0.6 is 0 Å². The summed E-state index contributed by atoms with van der Waals surface area (Å²) in [6.45, 7) is 5.54. The topological polar surface area (TPSA) is 70.2 Å². The van der Waals surface area contributed by atoms with Gasteiger partial charge in [-0.3, -0.25) is 4.31 Å². The molecule has 5 aromatic rings. The van der Waals surface area contributed by atoms with Crippen LogP contribution in [0.2, 0.25) is 0 Å². The molecule has 1 heterocycles. The van der Waals surface area contributed by atoms with Gasteiger partial charge in [0.05, 0.1) is 10.6 Å². The lowest BCUT2D eigenvalue weighted by atomic mass is 9.88. The zero-order valence-corrected chi connectivity index (χ0v) is 30.1. The Balaban J connectivity index is 1.11. The second-order valence-electron chi connectivity index (χ2n) is 13.9. The fraction of sp³-hybridized carbons (Fsp3) is 0.326. The first-order valence-corrected chi connectivity index (χ1v) is 19.7. The molecule has 0 spiro atoms. The van der Waals surface area contributed by atoms with Crippen molar-refractivity contribution in [2.75, 3.05) is 30.5 Å². The smallest absolute Gasteiger partial charge is 0.410 e. The van der Waals surface area contributed by atoms with Crippen LogP contribution in [0.3, 0.4) is 0 Å². The predicted octanol–water partition coefficient (Wildman–Crippen LogP) is 8.72. The largest absolute Gasteiger partial charge is 0.445 e. The van der Waals surface area contributed by atoms with E-state index in [-0.39, 0.29) is 36.6 Å². The number of benzene rings is 5. The Hall–Kier alpha value is -4.66. The van der Waals surface area contributed by atoms with Gasteiger partial charge in [0, 0.05) is 43.6 Å². The van der Waals surface area contributed by atoms with Crippen molar-refractivity contribution < 1.29 is 17.9 Å². The third kappa shape index (κ3) is 7.67. The van der Waals surface area contributed by atoms with E-state index in [0.29, 0.717) is 11.4 Å². The minimum Gasteiger partial charge on any atom is -0.445 e. The molecule has 2 unspecified atom stereocenters. The van der Waals surface area contributed by atoms with E-state index < -0.39 is 10.0 Å². The summed E-state index contributed by atoms with van der Waals surface area (Å²) in [5.41, 5.74) is 2.97. The molecule has 0 radical (unpaired) electrons. The van der Waals surface area contributed by atoms with Crippen LogP contribution in [0.15, 0.2) is 138 Å². The summed E-state index contributed by atoms with van der Waals surface area (Å²) in [6.07, 6.45) is 2.99. The molecule has 0 aromatic heterocycles. The first-order valence-electron chi connectivity index (χ1n) is 18.2. The number of sulfonamides is 1. The Morgan fingerprint density at radius 1 is 0.745 bits per heavy atom. The van der Waals surface area contributed by atoms with E-state index in [9.17, 15) is 13.2 Å². The molecule has 8 heteroatoms. The minimum absolute atomic E-state index is 0.133. The number of amides is 1. The number of anilines is 1. The number of ether oxygens (including phenoxy) is 1. The third-order valence-electron chi connectivity index (χ3n) is 10.8. The molecule has 1 aliphatic heterocycles. The van der Waals surface area contributed by atoms with Crippen LogP contribution in [0.4, 0.5) is 10.5 Å². The van der Waals surface area contributed by atoms with Gasteiger partial charge in [-0.15, -0.1) is 0 Å². The van der Waals surface area contributed by atoms with Crippen LogP contribution in [0.25, 0.3) is 10.8 Å². The first kappa shape index (κ1) is 34.8. The molecule has 2 fully saturated rings. The number of carbonyl (C=O) groups is 1. The second kappa shape index (κ2) is 15.7. The van der Waals surface area contributed by atoms with Gasteiger partial charge in [0.2, 0.25) is 0 Å². The highest BCUT2D eigenvalue weighted by atomic mass is 32.2. The highest BCUT2D eigenvalue weighted by molar-refractivity contribution is 7.92. The molecular formula is C43H47N3O4S. The van der Waals surface area contributed by atoms with E-state index in [1.165, 1.54) is 5.56 Å². The van der Waals surface area contributed by atoms with Gasteiger partial charge in [-0.1, -0.05) is 115 Å². The van der Waals surface area contributed by atoms with Gasteiger partial charge in [0.15, 0.2) is 0 Å². The molecule has 5 aromatic carbocycles. The number of rotatable bonds is 11. The van der Waals surface area contributed by atoms with Gasteiger partial charge in [0.1, 0.15) is 6.61 Å². The molecule has 264 valence electrons. The molecule has 7 rings (SSSR count). The van der Waals surface area contributed by atoms with Crippen LogP contribution in [0, 0.1) is 5.92 Å². The van der Waals surface area contributed by atoms with Crippen molar-refractivity contribution in [2.45, 2.75) is 62.1 Å². The van der Waals surface area contributed by atoms with E-state index in [2.05, 4.69) is 29.2 Å². The Morgan fingerprint density at radius 3 is 2.08 bits per heavy atom. The summed E-state index contributed by atoms with van der Waals surface area (Å²) in [5.74, 6) is 0.466. The fourth-order valence-electron chi connectivity index (χ4n) is 8.31. The standard InChI is InChI=1S/C43H47N3O4S/c1-2-45(43(47)50-32-33-15-6-3-7-16-33)37-25-27-44(28-26-37)31-36-29-38(30-41(36)35-17-8-4-9-18-35)46(51(48,49)39-21-10-5-11-22-39)42-24-14-20-34-19-12-13-23-40(34)42/h3-24,36-38,41H,2,25-32H2,1H3/t36-,38?,41?/m1/s1. The number of carbonyl (C=O) groups excluding carboxylic acids is 1. The highest BCUT2D eigenvalue weighted by Crippen LogP contribution is 2.46. The molecule has 3 atom stereocenters. The maximum absolute atomic E-state index is 14.7. The van der Waals surface area contributed by atoms with Crippen LogP contribution < -0.4 is 4.31 Å². The maximum atomic E-state index is 14.7. The Kier molecular flexibility index (Phi) is 10.7. The molecular weight excluding hydrogens is 655 g/mol. The summed E-state index contributed by atoms with van der Waals surface area (Å²) < 4.78 is 36.8. The minimum atomic E-state index is -3.87.